The third-order valence-electron chi connectivity index (χ3n) is 4.25. The predicted octanol–water partition coefficient (Wildman–Crippen LogP) is -0.670. The van der Waals surface area contributed by atoms with E-state index in [1.807, 2.05) is 18.5 Å². The fraction of sp³-hybridized carbons (Fsp3) is 0.562. The second kappa shape index (κ2) is 8.75. The number of aromatic amines is 1. The van der Waals surface area contributed by atoms with Crippen LogP contribution < -0.4 is 10.2 Å². The first-order valence-electron chi connectivity index (χ1n) is 8.54. The Morgan fingerprint density at radius 3 is 3.00 bits per heavy atom. The van der Waals surface area contributed by atoms with Gasteiger partial charge in [0.25, 0.3) is 0 Å². The summed E-state index contributed by atoms with van der Waals surface area (Å²) in [6.45, 7) is 4.22. The zero-order chi connectivity index (χ0) is 17.5. The summed E-state index contributed by atoms with van der Waals surface area (Å²) in [5, 5.41) is 29.1. The molecule has 1 fully saturated rings. The van der Waals surface area contributed by atoms with Crippen molar-refractivity contribution in [3.8, 4) is 0 Å². The summed E-state index contributed by atoms with van der Waals surface area (Å²) in [5.41, 5.74) is 1.17. The minimum Gasteiger partial charge on any atom is -0.395 e. The molecular formula is C16H25N7O2. The molecule has 1 aliphatic heterocycles. The molecule has 0 radical (unpaired) electrons. The molecule has 9 nitrogen and oxygen atoms in total. The van der Waals surface area contributed by atoms with Gasteiger partial charge >= 0.3 is 0 Å². The van der Waals surface area contributed by atoms with E-state index in [-0.39, 0.29) is 6.61 Å². The van der Waals surface area contributed by atoms with Gasteiger partial charge < -0.3 is 20.4 Å². The molecule has 0 unspecified atom stereocenters. The Morgan fingerprint density at radius 1 is 1.28 bits per heavy atom. The molecule has 0 aliphatic carbocycles. The van der Waals surface area contributed by atoms with E-state index in [4.69, 9.17) is 5.11 Å². The zero-order valence-electron chi connectivity index (χ0n) is 14.2. The number of aliphatic hydroxyl groups is 2. The van der Waals surface area contributed by atoms with Gasteiger partial charge in [0.1, 0.15) is 18.0 Å². The van der Waals surface area contributed by atoms with Gasteiger partial charge in [-0.3, -0.25) is 10.00 Å². The van der Waals surface area contributed by atoms with Crippen LogP contribution in [-0.4, -0.2) is 87.3 Å². The van der Waals surface area contributed by atoms with Crippen molar-refractivity contribution < 1.29 is 10.2 Å². The summed E-state index contributed by atoms with van der Waals surface area (Å²) >= 11 is 0. The van der Waals surface area contributed by atoms with E-state index in [9.17, 15) is 5.11 Å². The van der Waals surface area contributed by atoms with Crippen LogP contribution in [-0.2, 0) is 6.42 Å². The van der Waals surface area contributed by atoms with Gasteiger partial charge in [0.2, 0.25) is 0 Å². The van der Waals surface area contributed by atoms with Crippen molar-refractivity contribution in [2.45, 2.75) is 12.5 Å². The van der Waals surface area contributed by atoms with Crippen LogP contribution in [0.1, 0.15) is 5.56 Å². The van der Waals surface area contributed by atoms with Crippen LogP contribution >= 0.6 is 0 Å². The minimum absolute atomic E-state index is 0.0490. The number of H-pyrrole nitrogens is 1. The lowest BCUT2D eigenvalue weighted by Crippen LogP contribution is -2.34. The highest BCUT2D eigenvalue weighted by Gasteiger charge is 2.22. The van der Waals surface area contributed by atoms with E-state index in [2.05, 4.69) is 35.3 Å². The molecule has 25 heavy (non-hydrogen) atoms. The summed E-state index contributed by atoms with van der Waals surface area (Å²) in [6, 6.07) is 1.85. The van der Waals surface area contributed by atoms with Crippen molar-refractivity contribution >= 4 is 11.6 Å². The molecule has 136 valence electrons. The molecule has 0 spiro atoms. The van der Waals surface area contributed by atoms with Crippen LogP contribution in [0.4, 0.5) is 11.6 Å². The van der Waals surface area contributed by atoms with Crippen LogP contribution in [0.15, 0.2) is 24.8 Å². The monoisotopic (exact) mass is 347 g/mol. The molecular weight excluding hydrogens is 322 g/mol. The Balaban J connectivity index is 1.58. The highest BCUT2D eigenvalue weighted by atomic mass is 16.3. The lowest BCUT2D eigenvalue weighted by atomic mass is 10.2. The van der Waals surface area contributed by atoms with Gasteiger partial charge in [-0.15, -0.1) is 0 Å². The average Bonchev–Trinajstić information content (AvgIpc) is 3.07. The van der Waals surface area contributed by atoms with Gasteiger partial charge in [-0.05, 0) is 12.0 Å². The van der Waals surface area contributed by atoms with Crippen molar-refractivity contribution in [1.82, 2.24) is 25.1 Å². The number of hydrogen-bond acceptors (Lipinski definition) is 8. The number of nitrogens with zero attached hydrogens (tertiary/aromatic N) is 5. The Bertz CT molecular complexity index is 637. The molecule has 1 saturated heterocycles. The Kier molecular flexibility index (Phi) is 6.15. The molecule has 0 saturated carbocycles. The predicted molar refractivity (Wildman–Crippen MR) is 94.6 cm³/mol. The number of rotatable bonds is 7. The second-order valence-electron chi connectivity index (χ2n) is 6.17. The first-order chi connectivity index (χ1) is 12.2. The van der Waals surface area contributed by atoms with Crippen LogP contribution in [0, 0.1) is 0 Å². The van der Waals surface area contributed by atoms with Crippen molar-refractivity contribution in [3.63, 3.8) is 0 Å². The molecule has 9 heteroatoms. The number of aliphatic hydroxyl groups excluding tert-OH is 2. The third-order valence-corrected chi connectivity index (χ3v) is 4.25. The normalized spacial score (nSPS) is 19.0. The molecule has 2 aromatic heterocycles. The molecule has 1 aliphatic rings. The first kappa shape index (κ1) is 17.6. The van der Waals surface area contributed by atoms with E-state index in [0.717, 1.165) is 31.9 Å². The van der Waals surface area contributed by atoms with Crippen LogP contribution in [0.3, 0.4) is 0 Å². The maximum Gasteiger partial charge on any atom is 0.134 e. The topological polar surface area (TPSA) is 113 Å². The maximum atomic E-state index is 10.4. The Hall–Kier alpha value is -2.23. The van der Waals surface area contributed by atoms with Crippen LogP contribution in [0.25, 0.3) is 0 Å². The Morgan fingerprint density at radius 2 is 2.20 bits per heavy atom. The van der Waals surface area contributed by atoms with E-state index < -0.39 is 6.10 Å². The summed E-state index contributed by atoms with van der Waals surface area (Å²) in [4.78, 5) is 12.8. The van der Waals surface area contributed by atoms with Gasteiger partial charge in [0.05, 0.1) is 18.9 Å². The molecule has 0 amide bonds. The van der Waals surface area contributed by atoms with Gasteiger partial charge in [-0.1, -0.05) is 0 Å². The number of anilines is 2. The standard InChI is InChI=1S/C16H25N7O2/c24-6-2-17-15-7-16(19-12-18-15)23-5-4-22(10-14(25)11-23)3-1-13-8-20-21-9-13/h7-9,12,14,24-25H,1-6,10-11H2,(H,20,21)(H,17,18,19)/t14-/m1/s1. The molecule has 4 N–H and O–H groups in total. The SMILES string of the molecule is OCCNc1cc(N2CCN(CCc3cn[nH]c3)C[C@@H](O)C2)ncn1. The highest BCUT2D eigenvalue weighted by Crippen LogP contribution is 2.16. The van der Waals surface area contributed by atoms with Crippen molar-refractivity contribution in [2.24, 2.45) is 0 Å². The van der Waals surface area contributed by atoms with Crippen LogP contribution in [0.2, 0.25) is 0 Å². The fourth-order valence-corrected chi connectivity index (χ4v) is 2.97. The second-order valence-corrected chi connectivity index (χ2v) is 6.17. The lowest BCUT2D eigenvalue weighted by Gasteiger charge is -2.23. The van der Waals surface area contributed by atoms with Crippen molar-refractivity contribution in [3.05, 3.63) is 30.4 Å². The van der Waals surface area contributed by atoms with E-state index in [1.165, 1.54) is 11.9 Å². The summed E-state index contributed by atoms with van der Waals surface area (Å²) < 4.78 is 0. The average molecular weight is 347 g/mol. The summed E-state index contributed by atoms with van der Waals surface area (Å²) in [7, 11) is 0. The highest BCUT2D eigenvalue weighted by molar-refractivity contribution is 5.48. The Labute approximate surface area is 146 Å². The third kappa shape index (κ3) is 5.12. The summed E-state index contributed by atoms with van der Waals surface area (Å²) in [5.74, 6) is 1.46. The molecule has 3 rings (SSSR count). The number of nitrogens with one attached hydrogen (secondary N) is 2. The van der Waals surface area contributed by atoms with Gasteiger partial charge in [-0.25, -0.2) is 9.97 Å². The number of β-amino-alcohol motifs (C(OH)–C–C–N with tert-alkyl or cyclic N) is 1. The van der Waals surface area contributed by atoms with Gasteiger partial charge in [0, 0.05) is 51.5 Å². The van der Waals surface area contributed by atoms with Gasteiger partial charge in [-0.2, -0.15) is 5.10 Å². The van der Waals surface area contributed by atoms with Gasteiger partial charge in [0.15, 0.2) is 0 Å². The van der Waals surface area contributed by atoms with E-state index in [1.54, 1.807) is 0 Å². The van der Waals surface area contributed by atoms with Crippen molar-refractivity contribution in [2.75, 3.05) is 56.1 Å². The maximum absolute atomic E-state index is 10.4. The quantitative estimate of drug-likeness (QED) is 0.522. The van der Waals surface area contributed by atoms with E-state index in [0.29, 0.717) is 25.5 Å². The van der Waals surface area contributed by atoms with Crippen molar-refractivity contribution in [1.29, 1.82) is 0 Å². The first-order valence-corrected chi connectivity index (χ1v) is 8.54. The molecule has 3 heterocycles. The summed E-state index contributed by atoms with van der Waals surface area (Å²) in [6.07, 6.45) is 5.72. The molecule has 2 aromatic rings. The van der Waals surface area contributed by atoms with E-state index >= 15 is 0 Å². The number of hydrogen-bond donors (Lipinski definition) is 4. The largest absolute Gasteiger partial charge is 0.395 e. The fourth-order valence-electron chi connectivity index (χ4n) is 2.97. The number of aromatic nitrogens is 4. The molecule has 1 atom stereocenters. The molecule has 0 bridgehead atoms. The zero-order valence-corrected chi connectivity index (χ0v) is 14.2. The lowest BCUT2D eigenvalue weighted by molar-refractivity contribution is 0.133. The minimum atomic E-state index is -0.435. The van der Waals surface area contributed by atoms with Crippen LogP contribution in [0.5, 0.6) is 0 Å². The molecule has 0 aromatic carbocycles. The smallest absolute Gasteiger partial charge is 0.134 e.